The van der Waals surface area contributed by atoms with Gasteiger partial charge in [0.2, 0.25) is 5.91 Å². The zero-order chi connectivity index (χ0) is 18.1. The molecule has 1 N–H and O–H groups in total. The van der Waals surface area contributed by atoms with E-state index in [1.807, 2.05) is 66.2 Å². The molecule has 0 aliphatic heterocycles. The van der Waals surface area contributed by atoms with Gasteiger partial charge in [0, 0.05) is 18.0 Å². The van der Waals surface area contributed by atoms with Gasteiger partial charge in [-0.25, -0.2) is 4.98 Å². The molecule has 26 heavy (non-hydrogen) atoms. The Kier molecular flexibility index (Phi) is 3.99. The number of nitrogens with one attached hydrogen (secondary N) is 1. The van der Waals surface area contributed by atoms with Gasteiger partial charge in [-0.15, -0.1) is 0 Å². The van der Waals surface area contributed by atoms with E-state index in [1.54, 1.807) is 13.4 Å². The zero-order valence-electron chi connectivity index (χ0n) is 14.9. The van der Waals surface area contributed by atoms with Crippen LogP contribution in [0.3, 0.4) is 0 Å². The van der Waals surface area contributed by atoms with Crippen LogP contribution in [0.25, 0.3) is 5.69 Å². The van der Waals surface area contributed by atoms with E-state index in [1.165, 1.54) is 0 Å². The minimum Gasteiger partial charge on any atom is -0.494 e. The molecule has 0 unspecified atom stereocenters. The molecule has 0 bridgehead atoms. The Labute approximate surface area is 152 Å². The van der Waals surface area contributed by atoms with Crippen LogP contribution in [0.1, 0.15) is 24.1 Å². The van der Waals surface area contributed by atoms with Crippen LogP contribution in [-0.2, 0) is 10.2 Å². The van der Waals surface area contributed by atoms with Crippen molar-refractivity contribution in [2.75, 3.05) is 12.4 Å². The van der Waals surface area contributed by atoms with Gasteiger partial charge in [0.05, 0.1) is 30.2 Å². The number of hydrogen-bond acceptors (Lipinski definition) is 3. The van der Waals surface area contributed by atoms with Gasteiger partial charge in [0.15, 0.2) is 0 Å². The molecule has 1 fully saturated rings. The normalized spacial score (nSPS) is 14.7. The second-order valence-corrected chi connectivity index (χ2v) is 6.71. The molecule has 0 atom stereocenters. The van der Waals surface area contributed by atoms with Crippen molar-refractivity contribution in [3.8, 4) is 11.4 Å². The molecule has 1 amide bonds. The zero-order valence-corrected chi connectivity index (χ0v) is 14.9. The highest BCUT2D eigenvalue weighted by Crippen LogP contribution is 2.49. The maximum atomic E-state index is 12.9. The largest absolute Gasteiger partial charge is 0.494 e. The number of methoxy groups -OCH3 is 1. The predicted octanol–water partition coefficient (Wildman–Crippen LogP) is 3.86. The molecule has 132 valence electrons. The maximum absolute atomic E-state index is 12.9. The summed E-state index contributed by atoms with van der Waals surface area (Å²) in [6.07, 6.45) is 5.45. The van der Waals surface area contributed by atoms with Crippen LogP contribution in [0.2, 0.25) is 0 Å². The molecule has 5 heteroatoms. The fraction of sp³-hybridized carbons (Fsp3) is 0.238. The molecular formula is C21H21N3O2. The van der Waals surface area contributed by atoms with E-state index in [4.69, 9.17) is 4.74 Å². The van der Waals surface area contributed by atoms with Crippen LogP contribution < -0.4 is 10.1 Å². The monoisotopic (exact) mass is 347 g/mol. The molecule has 1 aliphatic rings. The Morgan fingerprint density at radius 1 is 1.19 bits per heavy atom. The molecule has 1 heterocycles. The molecule has 1 aromatic heterocycles. The van der Waals surface area contributed by atoms with E-state index in [0.29, 0.717) is 5.75 Å². The van der Waals surface area contributed by atoms with E-state index in [2.05, 4.69) is 10.3 Å². The van der Waals surface area contributed by atoms with Crippen LogP contribution in [0.5, 0.6) is 5.75 Å². The number of benzene rings is 2. The Bertz CT molecular complexity index is 943. The van der Waals surface area contributed by atoms with Crippen molar-refractivity contribution in [2.24, 2.45) is 0 Å². The summed E-state index contributed by atoms with van der Waals surface area (Å²) in [6, 6.07) is 15.7. The van der Waals surface area contributed by atoms with Gasteiger partial charge in [0.1, 0.15) is 5.75 Å². The van der Waals surface area contributed by atoms with E-state index < -0.39 is 5.41 Å². The number of hydrogen-bond donors (Lipinski definition) is 1. The summed E-state index contributed by atoms with van der Waals surface area (Å²) in [5.41, 5.74) is 3.23. The van der Waals surface area contributed by atoms with Crippen LogP contribution >= 0.6 is 0 Å². The van der Waals surface area contributed by atoms with Crippen LogP contribution in [0.4, 0.5) is 5.69 Å². The standard InChI is InChI=1S/C21H21N3O2/c1-15-13-24(14-22-15)18-9-8-17(12-19(18)26-2)23-20(25)21(10-11-21)16-6-4-3-5-7-16/h3-9,12-14H,10-11H2,1-2H3,(H,23,25). The third-order valence-corrected chi connectivity index (χ3v) is 4.94. The second-order valence-electron chi connectivity index (χ2n) is 6.71. The number of carbonyl (C=O) groups is 1. The lowest BCUT2D eigenvalue weighted by molar-refractivity contribution is -0.118. The molecule has 0 spiro atoms. The lowest BCUT2D eigenvalue weighted by Gasteiger charge is -2.17. The molecular weight excluding hydrogens is 326 g/mol. The number of carbonyl (C=O) groups excluding carboxylic acids is 1. The van der Waals surface area contributed by atoms with Gasteiger partial charge < -0.3 is 14.6 Å². The second kappa shape index (κ2) is 6.33. The van der Waals surface area contributed by atoms with Crippen molar-refractivity contribution in [3.05, 3.63) is 72.3 Å². The Hall–Kier alpha value is -3.08. The molecule has 0 saturated heterocycles. The van der Waals surface area contributed by atoms with Crippen LogP contribution in [-0.4, -0.2) is 22.6 Å². The third-order valence-electron chi connectivity index (χ3n) is 4.94. The fourth-order valence-corrected chi connectivity index (χ4v) is 3.30. The SMILES string of the molecule is COc1cc(NC(=O)C2(c3ccccc3)CC2)ccc1-n1cnc(C)c1. The van der Waals surface area contributed by atoms with Gasteiger partial charge in [0.25, 0.3) is 0 Å². The number of ether oxygens (including phenoxy) is 1. The van der Waals surface area contributed by atoms with Crippen molar-refractivity contribution < 1.29 is 9.53 Å². The Balaban J connectivity index is 1.58. The van der Waals surface area contributed by atoms with Crippen LogP contribution in [0.15, 0.2) is 61.1 Å². The summed E-state index contributed by atoms with van der Waals surface area (Å²) in [4.78, 5) is 17.1. The van der Waals surface area contributed by atoms with Crippen molar-refractivity contribution >= 4 is 11.6 Å². The minimum absolute atomic E-state index is 0.0389. The molecule has 2 aromatic carbocycles. The summed E-state index contributed by atoms with van der Waals surface area (Å²) < 4.78 is 7.43. The first-order valence-electron chi connectivity index (χ1n) is 8.68. The maximum Gasteiger partial charge on any atom is 0.235 e. The van der Waals surface area contributed by atoms with Gasteiger partial charge in [-0.1, -0.05) is 30.3 Å². The number of aromatic nitrogens is 2. The van der Waals surface area contributed by atoms with E-state index in [9.17, 15) is 4.79 Å². The smallest absolute Gasteiger partial charge is 0.235 e. The average molecular weight is 347 g/mol. The number of nitrogens with zero attached hydrogens (tertiary/aromatic N) is 2. The van der Waals surface area contributed by atoms with E-state index in [0.717, 1.165) is 35.5 Å². The highest BCUT2D eigenvalue weighted by Gasteiger charge is 2.51. The number of anilines is 1. The number of imidazole rings is 1. The molecule has 1 saturated carbocycles. The van der Waals surface area contributed by atoms with Crippen molar-refractivity contribution in [2.45, 2.75) is 25.2 Å². The predicted molar refractivity (Wildman–Crippen MR) is 101 cm³/mol. The molecule has 5 nitrogen and oxygen atoms in total. The number of aryl methyl sites for hydroxylation is 1. The molecule has 1 aliphatic carbocycles. The summed E-state index contributed by atoms with van der Waals surface area (Å²) in [5.74, 6) is 0.724. The molecule has 4 rings (SSSR count). The van der Waals surface area contributed by atoms with Gasteiger partial charge >= 0.3 is 0 Å². The quantitative estimate of drug-likeness (QED) is 0.762. The Morgan fingerprint density at radius 2 is 1.96 bits per heavy atom. The lowest BCUT2D eigenvalue weighted by atomic mass is 9.95. The van der Waals surface area contributed by atoms with E-state index in [-0.39, 0.29) is 5.91 Å². The summed E-state index contributed by atoms with van der Waals surface area (Å²) in [7, 11) is 1.63. The third kappa shape index (κ3) is 2.86. The first-order valence-corrected chi connectivity index (χ1v) is 8.68. The van der Waals surface area contributed by atoms with Gasteiger partial charge in [-0.3, -0.25) is 4.79 Å². The van der Waals surface area contributed by atoms with Crippen molar-refractivity contribution in [3.63, 3.8) is 0 Å². The van der Waals surface area contributed by atoms with Gasteiger partial charge in [-0.2, -0.15) is 0 Å². The minimum atomic E-state index is -0.394. The van der Waals surface area contributed by atoms with Crippen LogP contribution in [0, 0.1) is 6.92 Å². The molecule has 0 radical (unpaired) electrons. The lowest BCUT2D eigenvalue weighted by Crippen LogP contribution is -2.27. The summed E-state index contributed by atoms with van der Waals surface area (Å²) >= 11 is 0. The van der Waals surface area contributed by atoms with Gasteiger partial charge in [-0.05, 0) is 37.5 Å². The Morgan fingerprint density at radius 3 is 2.58 bits per heavy atom. The topological polar surface area (TPSA) is 56.1 Å². The summed E-state index contributed by atoms with van der Waals surface area (Å²) in [5, 5.41) is 3.06. The fourth-order valence-electron chi connectivity index (χ4n) is 3.30. The number of rotatable bonds is 5. The number of amides is 1. The highest BCUT2D eigenvalue weighted by molar-refractivity contribution is 6.01. The average Bonchev–Trinajstić information content (AvgIpc) is 3.38. The van der Waals surface area contributed by atoms with Crippen molar-refractivity contribution in [1.29, 1.82) is 0 Å². The van der Waals surface area contributed by atoms with E-state index >= 15 is 0 Å². The first-order chi connectivity index (χ1) is 12.6. The highest BCUT2D eigenvalue weighted by atomic mass is 16.5. The summed E-state index contributed by atoms with van der Waals surface area (Å²) in [6.45, 7) is 1.94. The molecule has 3 aromatic rings. The first kappa shape index (κ1) is 16.4. The van der Waals surface area contributed by atoms with Crippen molar-refractivity contribution in [1.82, 2.24) is 9.55 Å².